The molecule has 2 heterocycles. The van der Waals surface area contributed by atoms with Gasteiger partial charge in [0.2, 0.25) is 0 Å². The summed E-state index contributed by atoms with van der Waals surface area (Å²) in [6.07, 6.45) is 6.64. The monoisotopic (exact) mass is 320 g/mol. The van der Waals surface area contributed by atoms with Gasteiger partial charge in [0.15, 0.2) is 0 Å². The van der Waals surface area contributed by atoms with E-state index < -0.39 is 5.60 Å². The molecule has 0 unspecified atom stereocenters. The van der Waals surface area contributed by atoms with Crippen molar-refractivity contribution in [2.24, 2.45) is 0 Å². The van der Waals surface area contributed by atoms with Crippen LogP contribution in [0.4, 0.5) is 0 Å². The molecule has 1 aliphatic carbocycles. The molecule has 5 nitrogen and oxygen atoms in total. The summed E-state index contributed by atoms with van der Waals surface area (Å²) >= 11 is 1.73. The fourth-order valence-electron chi connectivity index (χ4n) is 3.03. The van der Waals surface area contributed by atoms with Crippen LogP contribution >= 0.6 is 11.3 Å². The number of hydrogen-bond donors (Lipinski definition) is 2. The fraction of sp³-hybridized carbons (Fsp3) is 0.625. The minimum atomic E-state index is -0.938. The van der Waals surface area contributed by atoms with E-state index in [4.69, 9.17) is 0 Å². The first kappa shape index (κ1) is 15.6. The van der Waals surface area contributed by atoms with Gasteiger partial charge in [0, 0.05) is 12.6 Å². The average molecular weight is 320 g/mol. The maximum Gasteiger partial charge on any atom is 0.114 e. The van der Waals surface area contributed by atoms with E-state index in [-0.39, 0.29) is 0 Å². The van der Waals surface area contributed by atoms with E-state index in [2.05, 4.69) is 32.5 Å². The number of hydrogen-bond acceptors (Lipinski definition) is 5. The Hall–Kier alpha value is -1.24. The molecule has 1 saturated carbocycles. The Morgan fingerprint density at radius 3 is 2.91 bits per heavy atom. The number of nitrogens with zero attached hydrogens (tertiary/aromatic N) is 3. The van der Waals surface area contributed by atoms with Crippen LogP contribution in [0, 0.1) is 0 Å². The quantitative estimate of drug-likeness (QED) is 0.889. The summed E-state index contributed by atoms with van der Waals surface area (Å²) in [6.45, 7) is 4.39. The van der Waals surface area contributed by atoms with E-state index >= 15 is 0 Å². The van der Waals surface area contributed by atoms with Crippen molar-refractivity contribution < 1.29 is 5.11 Å². The van der Waals surface area contributed by atoms with Crippen LogP contribution in [0.25, 0.3) is 0 Å². The van der Waals surface area contributed by atoms with Gasteiger partial charge in [-0.15, -0.1) is 5.10 Å². The largest absolute Gasteiger partial charge is 0.384 e. The van der Waals surface area contributed by atoms with Crippen LogP contribution in [0.1, 0.15) is 56.8 Å². The van der Waals surface area contributed by atoms with Gasteiger partial charge in [0.1, 0.15) is 11.3 Å². The molecule has 0 saturated heterocycles. The van der Waals surface area contributed by atoms with Gasteiger partial charge in [-0.1, -0.05) is 18.1 Å². The number of nitrogens with one attached hydrogen (secondary N) is 1. The summed E-state index contributed by atoms with van der Waals surface area (Å²) in [4.78, 5) is 0. The Morgan fingerprint density at radius 2 is 2.23 bits per heavy atom. The molecule has 22 heavy (non-hydrogen) atoms. The van der Waals surface area contributed by atoms with Crippen LogP contribution in [0.3, 0.4) is 0 Å². The molecule has 0 amide bonds. The minimum absolute atomic E-state index is 0.316. The third-order valence-electron chi connectivity index (χ3n) is 4.35. The van der Waals surface area contributed by atoms with Crippen molar-refractivity contribution in [1.82, 2.24) is 20.3 Å². The van der Waals surface area contributed by atoms with E-state index in [9.17, 15) is 5.11 Å². The summed E-state index contributed by atoms with van der Waals surface area (Å²) < 4.78 is 1.94. The van der Waals surface area contributed by atoms with Crippen LogP contribution in [0.2, 0.25) is 0 Å². The summed E-state index contributed by atoms with van der Waals surface area (Å²) in [5.41, 5.74) is 1.03. The molecular formula is C16H24N4OS. The molecule has 0 radical (unpaired) electrons. The normalized spacial score (nSPS) is 22.9. The first-order valence-corrected chi connectivity index (χ1v) is 8.87. The highest BCUT2D eigenvalue weighted by Gasteiger charge is 2.29. The zero-order chi connectivity index (χ0) is 15.6. The van der Waals surface area contributed by atoms with Crippen LogP contribution < -0.4 is 5.32 Å². The predicted molar refractivity (Wildman–Crippen MR) is 87.7 cm³/mol. The Bertz CT molecular complexity index is 588. The third kappa shape index (κ3) is 3.56. The Morgan fingerprint density at radius 1 is 1.41 bits per heavy atom. The van der Waals surface area contributed by atoms with Gasteiger partial charge in [-0.3, -0.25) is 0 Å². The first-order valence-electron chi connectivity index (χ1n) is 7.93. The Kier molecular flexibility index (Phi) is 4.61. The van der Waals surface area contributed by atoms with Gasteiger partial charge in [0.25, 0.3) is 0 Å². The maximum atomic E-state index is 10.1. The lowest BCUT2D eigenvalue weighted by Gasteiger charge is -2.32. The van der Waals surface area contributed by atoms with Crippen LogP contribution in [0.15, 0.2) is 23.0 Å². The van der Waals surface area contributed by atoms with Gasteiger partial charge in [-0.05, 0) is 49.1 Å². The molecule has 0 aromatic carbocycles. The molecule has 0 spiro atoms. The van der Waals surface area contributed by atoms with Crippen molar-refractivity contribution in [3.05, 3.63) is 34.3 Å². The Labute approximate surface area is 135 Å². The molecule has 0 aliphatic heterocycles. The van der Waals surface area contributed by atoms with Gasteiger partial charge in [-0.2, -0.15) is 11.3 Å². The van der Waals surface area contributed by atoms with Gasteiger partial charge in [-0.25, -0.2) is 4.68 Å². The molecule has 120 valence electrons. The smallest absolute Gasteiger partial charge is 0.114 e. The Balaban J connectivity index is 1.70. The molecule has 0 bridgehead atoms. The van der Waals surface area contributed by atoms with Crippen molar-refractivity contribution in [2.75, 3.05) is 0 Å². The summed E-state index contributed by atoms with van der Waals surface area (Å²) in [5, 5.41) is 26.5. The SMILES string of the molecule is CC(C)(O)c1cn([C@@H]2CCCC[C@@H]2NCc2ccsc2)nn1. The topological polar surface area (TPSA) is 63.0 Å². The fourth-order valence-corrected chi connectivity index (χ4v) is 3.70. The first-order chi connectivity index (χ1) is 10.5. The zero-order valence-electron chi connectivity index (χ0n) is 13.2. The number of thiophene rings is 1. The van der Waals surface area contributed by atoms with Gasteiger partial charge in [0.05, 0.1) is 12.2 Å². The van der Waals surface area contributed by atoms with Crippen LogP contribution in [-0.4, -0.2) is 26.1 Å². The summed E-state index contributed by atoms with van der Waals surface area (Å²) in [6, 6.07) is 2.89. The standard InChI is InChI=1S/C16H24N4OS/c1-16(2,21)15-10-20(19-18-15)14-6-4-3-5-13(14)17-9-12-7-8-22-11-12/h7-8,10-11,13-14,17,21H,3-6,9H2,1-2H3/t13-,14+/m0/s1. The van der Waals surface area contributed by atoms with Crippen molar-refractivity contribution in [1.29, 1.82) is 0 Å². The predicted octanol–water partition coefficient (Wildman–Crippen LogP) is 2.84. The zero-order valence-corrected chi connectivity index (χ0v) is 14.0. The lowest BCUT2D eigenvalue weighted by Crippen LogP contribution is -2.39. The second kappa shape index (κ2) is 6.48. The van der Waals surface area contributed by atoms with E-state index in [1.165, 1.54) is 18.4 Å². The second-order valence-electron chi connectivity index (χ2n) is 6.61. The maximum absolute atomic E-state index is 10.1. The van der Waals surface area contributed by atoms with Crippen molar-refractivity contribution >= 4 is 11.3 Å². The number of rotatable bonds is 5. The van der Waals surface area contributed by atoms with Crippen molar-refractivity contribution in [2.45, 2.75) is 63.8 Å². The molecule has 6 heteroatoms. The lowest BCUT2D eigenvalue weighted by molar-refractivity contribution is 0.0736. The summed E-state index contributed by atoms with van der Waals surface area (Å²) in [7, 11) is 0. The van der Waals surface area contributed by atoms with Crippen molar-refractivity contribution in [3.63, 3.8) is 0 Å². The van der Waals surface area contributed by atoms with Crippen molar-refractivity contribution in [3.8, 4) is 0 Å². The van der Waals surface area contributed by atoms with Crippen LogP contribution in [0.5, 0.6) is 0 Å². The highest BCUT2D eigenvalue weighted by Crippen LogP contribution is 2.29. The van der Waals surface area contributed by atoms with E-state index in [1.807, 2.05) is 10.9 Å². The lowest BCUT2D eigenvalue weighted by atomic mass is 9.90. The van der Waals surface area contributed by atoms with E-state index in [1.54, 1.807) is 25.2 Å². The van der Waals surface area contributed by atoms with E-state index in [0.29, 0.717) is 17.8 Å². The third-order valence-corrected chi connectivity index (χ3v) is 5.09. The van der Waals surface area contributed by atoms with Crippen LogP contribution in [-0.2, 0) is 12.1 Å². The van der Waals surface area contributed by atoms with Gasteiger partial charge < -0.3 is 10.4 Å². The van der Waals surface area contributed by atoms with E-state index in [0.717, 1.165) is 19.4 Å². The molecule has 1 aliphatic rings. The number of aromatic nitrogens is 3. The van der Waals surface area contributed by atoms with Gasteiger partial charge >= 0.3 is 0 Å². The molecule has 3 rings (SSSR count). The molecule has 2 aromatic rings. The highest BCUT2D eigenvalue weighted by atomic mass is 32.1. The molecule has 1 fully saturated rings. The number of aliphatic hydroxyl groups is 1. The average Bonchev–Trinajstić information content (AvgIpc) is 3.16. The molecule has 2 N–H and O–H groups in total. The highest BCUT2D eigenvalue weighted by molar-refractivity contribution is 7.07. The molecule has 2 aromatic heterocycles. The molecular weight excluding hydrogens is 296 g/mol. The minimum Gasteiger partial charge on any atom is -0.384 e. The second-order valence-corrected chi connectivity index (χ2v) is 7.39. The summed E-state index contributed by atoms with van der Waals surface area (Å²) in [5.74, 6) is 0. The molecule has 2 atom stereocenters.